The van der Waals surface area contributed by atoms with E-state index in [1.807, 2.05) is 0 Å². The minimum Gasteiger partial charge on any atom is -0.314 e. The van der Waals surface area contributed by atoms with Gasteiger partial charge in [0.05, 0.1) is 0 Å². The molecule has 1 heterocycles. The monoisotopic (exact) mass is 316 g/mol. The summed E-state index contributed by atoms with van der Waals surface area (Å²) >= 11 is 0. The van der Waals surface area contributed by atoms with Crippen molar-refractivity contribution in [2.75, 3.05) is 26.2 Å². The number of aryl methyl sites for hydroxylation is 1. The van der Waals surface area contributed by atoms with Gasteiger partial charge in [-0.25, -0.2) is 0 Å². The van der Waals surface area contributed by atoms with Crippen LogP contribution in [0, 0.1) is 5.92 Å². The van der Waals surface area contributed by atoms with Gasteiger partial charge in [0.15, 0.2) is 0 Å². The molecule has 1 aromatic rings. The predicted octanol–water partition coefficient (Wildman–Crippen LogP) is 3.45. The Hall–Kier alpha value is -0.280. The molecule has 0 spiro atoms. The molecule has 20 heavy (non-hydrogen) atoms. The van der Waals surface area contributed by atoms with Crippen molar-refractivity contribution in [3.05, 3.63) is 35.4 Å². The number of hydrogen-bond acceptors (Lipinski definition) is 2. The molecule has 1 aliphatic heterocycles. The first kappa shape index (κ1) is 17.8. The summed E-state index contributed by atoms with van der Waals surface area (Å²) in [7, 11) is 0. The Morgan fingerprint density at radius 1 is 1.10 bits per heavy atom. The summed E-state index contributed by atoms with van der Waals surface area (Å²) in [5, 5.41) is 3.46. The molecule has 0 unspecified atom stereocenters. The van der Waals surface area contributed by atoms with Crippen LogP contribution in [0.1, 0.15) is 36.9 Å². The van der Waals surface area contributed by atoms with Gasteiger partial charge in [0, 0.05) is 32.2 Å². The first-order valence-electron chi connectivity index (χ1n) is 7.42. The first-order chi connectivity index (χ1) is 8.88. The van der Waals surface area contributed by atoms with Gasteiger partial charge in [-0.05, 0) is 36.3 Å². The van der Waals surface area contributed by atoms with Crippen LogP contribution in [0.5, 0.6) is 0 Å². The maximum Gasteiger partial charge on any atom is 0.0377 e. The molecule has 114 valence electrons. The maximum absolute atomic E-state index is 3.46. The zero-order valence-corrected chi connectivity index (χ0v) is 13.8. The second kappa shape index (κ2) is 8.23. The third-order valence-electron chi connectivity index (χ3n) is 4.34. The fourth-order valence-electron chi connectivity index (χ4n) is 3.10. The molecule has 1 N–H and O–H groups in total. The molecule has 1 atom stereocenters. The molecule has 0 radical (unpaired) electrons. The normalized spacial score (nSPS) is 20.6. The van der Waals surface area contributed by atoms with Gasteiger partial charge in [-0.15, -0.1) is 24.8 Å². The van der Waals surface area contributed by atoms with E-state index in [4.69, 9.17) is 0 Å². The fraction of sp³-hybridized carbons (Fsp3) is 0.625. The van der Waals surface area contributed by atoms with Crippen molar-refractivity contribution in [2.24, 2.45) is 5.92 Å². The summed E-state index contributed by atoms with van der Waals surface area (Å²) in [4.78, 5) is 2.69. The number of rotatable bonds is 4. The van der Waals surface area contributed by atoms with Crippen LogP contribution in [-0.2, 0) is 6.42 Å². The Morgan fingerprint density at radius 2 is 1.70 bits per heavy atom. The van der Waals surface area contributed by atoms with Crippen LogP contribution >= 0.6 is 24.8 Å². The Kier molecular flexibility index (Phi) is 7.32. The molecule has 1 saturated heterocycles. The van der Waals surface area contributed by atoms with Gasteiger partial charge in [-0.1, -0.05) is 31.2 Å². The van der Waals surface area contributed by atoms with E-state index in [-0.39, 0.29) is 24.8 Å². The lowest BCUT2D eigenvalue weighted by atomic mass is 9.98. The topological polar surface area (TPSA) is 15.3 Å². The first-order valence-corrected chi connectivity index (χ1v) is 7.42. The number of hydrogen-bond donors (Lipinski definition) is 1. The summed E-state index contributed by atoms with van der Waals surface area (Å²) in [6, 6.07) is 10.0. The number of nitrogens with zero attached hydrogens (tertiary/aromatic N) is 1. The molecule has 2 nitrogen and oxygen atoms in total. The van der Waals surface area contributed by atoms with Crippen molar-refractivity contribution < 1.29 is 0 Å². The highest BCUT2D eigenvalue weighted by Gasteiger charge is 2.36. The van der Waals surface area contributed by atoms with Gasteiger partial charge in [-0.3, -0.25) is 4.90 Å². The van der Waals surface area contributed by atoms with Crippen molar-refractivity contribution >= 4 is 24.8 Å². The molecular formula is C16H26Cl2N2. The standard InChI is InChI=1S/C16H24N2.2ClH/c1-2-13-3-5-14(6-4-13)16(15-7-8-15)18-11-9-17-10-12-18;;/h3-6,15-17H,2,7-12H2,1H3;2*1H/t16-;;/m0../s1. The second-order valence-corrected chi connectivity index (χ2v) is 5.66. The molecule has 1 aliphatic carbocycles. The maximum atomic E-state index is 3.46. The molecule has 4 heteroatoms. The number of benzene rings is 1. The molecule has 0 bridgehead atoms. The molecule has 0 amide bonds. The van der Waals surface area contributed by atoms with Crippen molar-refractivity contribution in [1.82, 2.24) is 10.2 Å². The summed E-state index contributed by atoms with van der Waals surface area (Å²) in [6.45, 7) is 6.93. The van der Waals surface area contributed by atoms with Gasteiger partial charge >= 0.3 is 0 Å². The molecule has 3 rings (SSSR count). The van der Waals surface area contributed by atoms with Crippen LogP contribution < -0.4 is 5.32 Å². The zero-order valence-electron chi connectivity index (χ0n) is 12.2. The van der Waals surface area contributed by atoms with Crippen molar-refractivity contribution in [3.63, 3.8) is 0 Å². The van der Waals surface area contributed by atoms with Crippen molar-refractivity contribution in [1.29, 1.82) is 0 Å². The summed E-state index contributed by atoms with van der Waals surface area (Å²) in [5.74, 6) is 0.913. The summed E-state index contributed by atoms with van der Waals surface area (Å²) in [6.07, 6.45) is 3.98. The summed E-state index contributed by atoms with van der Waals surface area (Å²) < 4.78 is 0. The third-order valence-corrected chi connectivity index (χ3v) is 4.34. The van der Waals surface area contributed by atoms with Crippen molar-refractivity contribution in [2.45, 2.75) is 32.2 Å². The van der Waals surface area contributed by atoms with Crippen LogP contribution in [0.4, 0.5) is 0 Å². The van der Waals surface area contributed by atoms with Crippen LogP contribution in [0.3, 0.4) is 0 Å². The molecule has 2 aliphatic rings. The van der Waals surface area contributed by atoms with Crippen LogP contribution in [0.15, 0.2) is 24.3 Å². The van der Waals surface area contributed by atoms with E-state index in [1.54, 1.807) is 0 Å². The second-order valence-electron chi connectivity index (χ2n) is 5.66. The lowest BCUT2D eigenvalue weighted by Gasteiger charge is -2.35. The molecule has 2 fully saturated rings. The van der Waals surface area contributed by atoms with E-state index in [1.165, 1.54) is 37.1 Å². The minimum absolute atomic E-state index is 0. The fourth-order valence-corrected chi connectivity index (χ4v) is 3.10. The number of halogens is 2. The lowest BCUT2D eigenvalue weighted by molar-refractivity contribution is 0.156. The molecule has 1 saturated carbocycles. The predicted molar refractivity (Wildman–Crippen MR) is 90.2 cm³/mol. The van der Waals surface area contributed by atoms with Gasteiger partial charge in [0.25, 0.3) is 0 Å². The van der Waals surface area contributed by atoms with E-state index in [2.05, 4.69) is 41.4 Å². The molecule has 1 aromatic carbocycles. The van der Waals surface area contributed by atoms with Gasteiger partial charge < -0.3 is 5.32 Å². The van der Waals surface area contributed by atoms with Crippen LogP contribution in [0.25, 0.3) is 0 Å². The number of nitrogens with one attached hydrogen (secondary N) is 1. The van der Waals surface area contributed by atoms with Crippen molar-refractivity contribution in [3.8, 4) is 0 Å². The highest BCUT2D eigenvalue weighted by atomic mass is 35.5. The highest BCUT2D eigenvalue weighted by molar-refractivity contribution is 5.85. The smallest absolute Gasteiger partial charge is 0.0377 e. The minimum atomic E-state index is 0. The Bertz CT molecular complexity index is 384. The Balaban J connectivity index is 0.000001000. The van der Waals surface area contributed by atoms with Crippen LogP contribution in [-0.4, -0.2) is 31.1 Å². The van der Waals surface area contributed by atoms with E-state index in [0.29, 0.717) is 6.04 Å². The SMILES string of the molecule is CCc1ccc([C@@H](C2CC2)N2CCNCC2)cc1.Cl.Cl. The quantitative estimate of drug-likeness (QED) is 0.915. The van der Waals surface area contributed by atoms with Crippen LogP contribution in [0.2, 0.25) is 0 Å². The largest absolute Gasteiger partial charge is 0.314 e. The van der Waals surface area contributed by atoms with E-state index in [0.717, 1.165) is 25.4 Å². The van der Waals surface area contributed by atoms with Gasteiger partial charge in [-0.2, -0.15) is 0 Å². The van der Waals surface area contributed by atoms with E-state index >= 15 is 0 Å². The average molecular weight is 317 g/mol. The Morgan fingerprint density at radius 3 is 2.20 bits per heavy atom. The zero-order chi connectivity index (χ0) is 12.4. The lowest BCUT2D eigenvalue weighted by Crippen LogP contribution is -2.45. The van der Waals surface area contributed by atoms with Gasteiger partial charge in [0.2, 0.25) is 0 Å². The van der Waals surface area contributed by atoms with Gasteiger partial charge in [0.1, 0.15) is 0 Å². The Labute approximate surface area is 135 Å². The van der Waals surface area contributed by atoms with E-state index in [9.17, 15) is 0 Å². The third kappa shape index (κ3) is 4.11. The highest BCUT2D eigenvalue weighted by Crippen LogP contribution is 2.44. The number of piperazine rings is 1. The van der Waals surface area contributed by atoms with E-state index < -0.39 is 0 Å². The average Bonchev–Trinajstić information content (AvgIpc) is 3.26. The molecule has 0 aromatic heterocycles. The molecular weight excluding hydrogens is 291 g/mol. The summed E-state index contributed by atoms with van der Waals surface area (Å²) in [5.41, 5.74) is 2.99.